The molecule has 0 bridgehead atoms. The maximum atomic E-state index is 13.1. The number of methoxy groups -OCH3 is 1. The van der Waals surface area contributed by atoms with Gasteiger partial charge in [0.1, 0.15) is 23.9 Å². The third-order valence-electron chi connectivity index (χ3n) is 6.87. The Morgan fingerprint density at radius 3 is 2.58 bits per heavy atom. The quantitative estimate of drug-likeness (QED) is 0.352. The minimum absolute atomic E-state index is 0.161. The highest BCUT2D eigenvalue weighted by molar-refractivity contribution is 5.99. The van der Waals surface area contributed by atoms with Crippen LogP contribution in [-0.2, 0) is 11.2 Å². The van der Waals surface area contributed by atoms with Crippen molar-refractivity contribution in [3.63, 3.8) is 0 Å². The van der Waals surface area contributed by atoms with Gasteiger partial charge in [0.05, 0.1) is 30.0 Å². The minimum atomic E-state index is -1.09. The van der Waals surface area contributed by atoms with Gasteiger partial charge >= 0.3 is 5.97 Å². The number of carboxylic acid groups (broad SMARTS) is 1. The van der Waals surface area contributed by atoms with E-state index in [0.29, 0.717) is 22.9 Å². The molecule has 0 unspecified atom stereocenters. The zero-order chi connectivity index (χ0) is 25.1. The average Bonchev–Trinajstić information content (AvgIpc) is 3.57. The Labute approximate surface area is 208 Å². The van der Waals surface area contributed by atoms with E-state index >= 15 is 0 Å². The molecule has 5 rings (SSSR count). The Morgan fingerprint density at radius 2 is 1.92 bits per heavy atom. The SMILES string of the molecule is COc1ccc(C[C@H](NC(=O)c2ccc3c(c2)nc(-c2ccoc2)n3C2CCCCC2)C(=O)O)cc1. The van der Waals surface area contributed by atoms with Crippen molar-refractivity contribution in [3.05, 3.63) is 72.2 Å². The van der Waals surface area contributed by atoms with Crippen molar-refractivity contribution in [3.8, 4) is 17.1 Å². The summed E-state index contributed by atoms with van der Waals surface area (Å²) in [4.78, 5) is 29.8. The molecule has 2 aromatic carbocycles. The summed E-state index contributed by atoms with van der Waals surface area (Å²) in [7, 11) is 1.57. The molecule has 1 aliphatic carbocycles. The lowest BCUT2D eigenvalue weighted by molar-refractivity contribution is -0.139. The highest BCUT2D eigenvalue weighted by Gasteiger charge is 2.25. The first kappa shape index (κ1) is 23.7. The molecule has 0 aliphatic heterocycles. The standard InChI is InChI=1S/C28H29N3O5/c1-35-22-10-7-18(8-11-22)15-24(28(33)34)30-27(32)19-9-12-25-23(16-19)29-26(20-13-14-36-17-20)31(25)21-5-3-2-4-6-21/h7-14,16-17,21,24H,2-6,15H2,1H3,(H,30,32)(H,33,34)/t24-/m0/s1. The van der Waals surface area contributed by atoms with Gasteiger partial charge in [-0.1, -0.05) is 31.4 Å². The summed E-state index contributed by atoms with van der Waals surface area (Å²) in [5.41, 5.74) is 3.72. The number of ether oxygens (including phenoxy) is 1. The maximum Gasteiger partial charge on any atom is 0.326 e. The molecule has 1 atom stereocenters. The number of aromatic nitrogens is 2. The second kappa shape index (κ2) is 10.3. The van der Waals surface area contributed by atoms with E-state index in [-0.39, 0.29) is 6.42 Å². The third-order valence-corrected chi connectivity index (χ3v) is 6.87. The lowest BCUT2D eigenvalue weighted by atomic mass is 9.95. The van der Waals surface area contributed by atoms with Crippen molar-refractivity contribution in [1.82, 2.24) is 14.9 Å². The van der Waals surface area contributed by atoms with Crippen LogP contribution in [0.4, 0.5) is 0 Å². The molecular formula is C28H29N3O5. The maximum absolute atomic E-state index is 13.1. The van der Waals surface area contributed by atoms with Crippen LogP contribution in [0.25, 0.3) is 22.4 Å². The van der Waals surface area contributed by atoms with Crippen molar-refractivity contribution in [2.45, 2.75) is 50.6 Å². The number of fused-ring (bicyclic) bond motifs is 1. The summed E-state index contributed by atoms with van der Waals surface area (Å²) >= 11 is 0. The molecule has 0 saturated heterocycles. The average molecular weight is 488 g/mol. The van der Waals surface area contributed by atoms with Crippen LogP contribution in [0.2, 0.25) is 0 Å². The number of hydrogen-bond acceptors (Lipinski definition) is 5. The van der Waals surface area contributed by atoms with Gasteiger partial charge in [0, 0.05) is 18.0 Å². The molecule has 8 heteroatoms. The Balaban J connectivity index is 1.42. The molecule has 8 nitrogen and oxygen atoms in total. The first-order valence-electron chi connectivity index (χ1n) is 12.2. The lowest BCUT2D eigenvalue weighted by Crippen LogP contribution is -2.42. The van der Waals surface area contributed by atoms with Crippen molar-refractivity contribution < 1.29 is 23.8 Å². The Hall–Kier alpha value is -4.07. The van der Waals surface area contributed by atoms with Crippen molar-refractivity contribution in [2.75, 3.05) is 7.11 Å². The second-order valence-electron chi connectivity index (χ2n) is 9.23. The number of rotatable bonds is 8. The number of aliphatic carboxylic acids is 1. The molecule has 0 radical (unpaired) electrons. The number of imidazole rings is 1. The number of amides is 1. The van der Waals surface area contributed by atoms with Crippen LogP contribution >= 0.6 is 0 Å². The van der Waals surface area contributed by atoms with E-state index in [4.69, 9.17) is 14.1 Å². The molecule has 4 aromatic rings. The normalized spacial score (nSPS) is 15.0. The third kappa shape index (κ3) is 4.84. The molecule has 1 aliphatic rings. The number of hydrogen-bond donors (Lipinski definition) is 2. The molecular weight excluding hydrogens is 458 g/mol. The zero-order valence-electron chi connectivity index (χ0n) is 20.1. The van der Waals surface area contributed by atoms with Crippen LogP contribution in [0, 0.1) is 0 Å². The number of furan rings is 1. The smallest absolute Gasteiger partial charge is 0.326 e. The van der Waals surface area contributed by atoms with Gasteiger partial charge in [0.2, 0.25) is 0 Å². The molecule has 2 aromatic heterocycles. The van der Waals surface area contributed by atoms with Gasteiger partial charge in [-0.3, -0.25) is 4.79 Å². The van der Waals surface area contributed by atoms with Crippen molar-refractivity contribution >= 4 is 22.9 Å². The summed E-state index contributed by atoms with van der Waals surface area (Å²) in [6.45, 7) is 0. The van der Waals surface area contributed by atoms with Crippen LogP contribution in [0.15, 0.2) is 65.5 Å². The van der Waals surface area contributed by atoms with Gasteiger partial charge in [-0.2, -0.15) is 0 Å². The largest absolute Gasteiger partial charge is 0.497 e. The fourth-order valence-corrected chi connectivity index (χ4v) is 4.98. The minimum Gasteiger partial charge on any atom is -0.497 e. The molecule has 2 heterocycles. The summed E-state index contributed by atoms with van der Waals surface area (Å²) in [5.74, 6) is -0.0319. The Morgan fingerprint density at radius 1 is 1.14 bits per heavy atom. The second-order valence-corrected chi connectivity index (χ2v) is 9.23. The van der Waals surface area contributed by atoms with Crippen molar-refractivity contribution in [1.29, 1.82) is 0 Å². The molecule has 36 heavy (non-hydrogen) atoms. The molecule has 1 saturated carbocycles. The Kier molecular flexibility index (Phi) is 6.75. The number of carbonyl (C=O) groups excluding carboxylic acids is 1. The molecule has 1 amide bonds. The first-order chi connectivity index (χ1) is 17.5. The molecule has 0 spiro atoms. The van der Waals surface area contributed by atoms with Crippen LogP contribution < -0.4 is 10.1 Å². The first-order valence-corrected chi connectivity index (χ1v) is 12.2. The predicted octanol–water partition coefficient (Wildman–Crippen LogP) is 5.24. The van der Waals surface area contributed by atoms with Crippen LogP contribution in [0.3, 0.4) is 0 Å². The molecule has 1 fully saturated rings. The van der Waals surface area contributed by atoms with E-state index in [1.54, 1.807) is 56.0 Å². The summed E-state index contributed by atoms with van der Waals surface area (Å²) in [5, 5.41) is 12.4. The highest BCUT2D eigenvalue weighted by atomic mass is 16.5. The number of carbonyl (C=O) groups is 2. The summed E-state index contributed by atoms with van der Waals surface area (Å²) in [6.07, 6.45) is 9.26. The Bertz CT molecular complexity index is 1350. The fraction of sp³-hybridized carbons (Fsp3) is 0.321. The van der Waals surface area contributed by atoms with Gasteiger partial charge in [-0.15, -0.1) is 0 Å². The summed E-state index contributed by atoms with van der Waals surface area (Å²) in [6, 6.07) is 13.7. The number of carboxylic acids is 1. The van der Waals surface area contributed by atoms with Crippen molar-refractivity contribution in [2.24, 2.45) is 0 Å². The van der Waals surface area contributed by atoms with Crippen LogP contribution in [0.5, 0.6) is 5.75 Å². The predicted molar refractivity (Wildman–Crippen MR) is 135 cm³/mol. The van der Waals surface area contributed by atoms with E-state index in [2.05, 4.69) is 9.88 Å². The highest BCUT2D eigenvalue weighted by Crippen LogP contribution is 2.36. The number of nitrogens with one attached hydrogen (secondary N) is 1. The molecule has 2 N–H and O–H groups in total. The van der Waals surface area contributed by atoms with E-state index < -0.39 is 17.9 Å². The van der Waals surface area contributed by atoms with E-state index in [0.717, 1.165) is 35.3 Å². The molecule has 186 valence electrons. The van der Waals surface area contributed by atoms with Gasteiger partial charge in [-0.05, 0) is 54.8 Å². The topological polar surface area (TPSA) is 107 Å². The van der Waals surface area contributed by atoms with Crippen LogP contribution in [0.1, 0.15) is 54.1 Å². The van der Waals surface area contributed by atoms with Gasteiger partial charge in [-0.25, -0.2) is 9.78 Å². The summed E-state index contributed by atoms with van der Waals surface area (Å²) < 4.78 is 12.7. The fourth-order valence-electron chi connectivity index (χ4n) is 4.98. The number of benzene rings is 2. The number of nitrogens with zero attached hydrogens (tertiary/aromatic N) is 2. The van der Waals surface area contributed by atoms with Gasteiger partial charge < -0.3 is 24.1 Å². The monoisotopic (exact) mass is 487 g/mol. The van der Waals surface area contributed by atoms with Gasteiger partial charge in [0.25, 0.3) is 5.91 Å². The van der Waals surface area contributed by atoms with Crippen LogP contribution in [-0.4, -0.2) is 39.7 Å². The van der Waals surface area contributed by atoms with E-state index in [1.165, 1.54) is 19.3 Å². The van der Waals surface area contributed by atoms with Gasteiger partial charge in [0.15, 0.2) is 0 Å². The van der Waals surface area contributed by atoms with E-state index in [9.17, 15) is 14.7 Å². The zero-order valence-corrected chi connectivity index (χ0v) is 20.1. The lowest BCUT2D eigenvalue weighted by Gasteiger charge is -2.25. The van der Waals surface area contributed by atoms with E-state index in [1.807, 2.05) is 12.1 Å².